The molecule has 7 heteroatoms. The van der Waals surface area contributed by atoms with Crippen molar-refractivity contribution in [2.45, 2.75) is 26.8 Å². The topological polar surface area (TPSA) is 87.3 Å². The Bertz CT molecular complexity index is 486. The van der Waals surface area contributed by atoms with Gasteiger partial charge in [0.05, 0.1) is 11.4 Å². The van der Waals surface area contributed by atoms with E-state index >= 15 is 0 Å². The first-order chi connectivity index (χ1) is 9.95. The highest BCUT2D eigenvalue weighted by Crippen LogP contribution is 2.10. The normalized spacial score (nSPS) is 11.8. The van der Waals surface area contributed by atoms with E-state index in [2.05, 4.69) is 16.0 Å². The molecule has 3 amide bonds. The molecule has 0 aliphatic heterocycles. The number of carbonyl (C=O) groups is 3. The zero-order valence-electron chi connectivity index (χ0n) is 12.4. The molecular weight excluding hydrogens is 290 g/mol. The van der Waals surface area contributed by atoms with E-state index in [0.717, 1.165) is 0 Å². The van der Waals surface area contributed by atoms with Gasteiger partial charge in [0.25, 0.3) is 5.91 Å². The van der Waals surface area contributed by atoms with Crippen LogP contribution in [0.5, 0.6) is 0 Å². The number of likely N-dealkylation sites (N-methyl/N-ethyl adjacent to an activating group) is 1. The van der Waals surface area contributed by atoms with Crippen molar-refractivity contribution in [1.29, 1.82) is 0 Å². The van der Waals surface area contributed by atoms with Crippen molar-refractivity contribution in [3.63, 3.8) is 0 Å². The number of carbonyl (C=O) groups excluding carboxylic acids is 3. The molecule has 0 aromatic carbocycles. The Morgan fingerprint density at radius 2 is 1.95 bits per heavy atom. The molecule has 0 fully saturated rings. The summed E-state index contributed by atoms with van der Waals surface area (Å²) in [5.41, 5.74) is 0. The molecule has 1 heterocycles. The van der Waals surface area contributed by atoms with E-state index in [1.807, 2.05) is 13.8 Å². The molecule has 0 aliphatic rings. The predicted molar refractivity (Wildman–Crippen MR) is 82.1 cm³/mol. The van der Waals surface area contributed by atoms with E-state index < -0.39 is 6.04 Å². The van der Waals surface area contributed by atoms with Crippen molar-refractivity contribution in [3.8, 4) is 0 Å². The molecule has 116 valence electrons. The Morgan fingerprint density at radius 3 is 2.48 bits per heavy atom. The van der Waals surface area contributed by atoms with Crippen LogP contribution < -0.4 is 16.0 Å². The number of rotatable bonds is 7. The summed E-state index contributed by atoms with van der Waals surface area (Å²) < 4.78 is 0. The number of hydrogen-bond donors (Lipinski definition) is 3. The van der Waals surface area contributed by atoms with Crippen molar-refractivity contribution in [3.05, 3.63) is 22.4 Å². The number of thiophene rings is 1. The Balaban J connectivity index is 2.58. The van der Waals surface area contributed by atoms with Crippen LogP contribution in [0.15, 0.2) is 17.5 Å². The fourth-order valence-electron chi connectivity index (χ4n) is 1.69. The van der Waals surface area contributed by atoms with E-state index in [-0.39, 0.29) is 30.2 Å². The third-order valence-electron chi connectivity index (χ3n) is 2.78. The van der Waals surface area contributed by atoms with Crippen molar-refractivity contribution in [2.75, 3.05) is 13.1 Å². The lowest BCUT2D eigenvalue weighted by Crippen LogP contribution is -2.51. The monoisotopic (exact) mass is 311 g/mol. The molecule has 1 atom stereocenters. The zero-order valence-corrected chi connectivity index (χ0v) is 13.3. The van der Waals surface area contributed by atoms with E-state index in [4.69, 9.17) is 0 Å². The Hall–Kier alpha value is -1.89. The van der Waals surface area contributed by atoms with Crippen LogP contribution >= 0.6 is 11.3 Å². The standard InChI is InChI=1S/C14H21N3O3S/c1-4-15-11(18)8-16-14(20)12(9(2)3)17-13(19)10-6-5-7-21-10/h5-7,9,12H,4,8H2,1-3H3,(H,15,18)(H,16,20)(H,17,19)/t12-/m1/s1. The summed E-state index contributed by atoms with van der Waals surface area (Å²) in [4.78, 5) is 36.0. The van der Waals surface area contributed by atoms with Crippen LogP contribution in [0, 0.1) is 5.92 Å². The van der Waals surface area contributed by atoms with Gasteiger partial charge in [-0.2, -0.15) is 0 Å². The third kappa shape index (κ3) is 5.55. The molecular formula is C14H21N3O3S. The maximum atomic E-state index is 12.1. The van der Waals surface area contributed by atoms with Crippen LogP contribution in [0.3, 0.4) is 0 Å². The van der Waals surface area contributed by atoms with Crippen molar-refractivity contribution < 1.29 is 14.4 Å². The van der Waals surface area contributed by atoms with Gasteiger partial charge in [0, 0.05) is 6.54 Å². The highest BCUT2D eigenvalue weighted by atomic mass is 32.1. The van der Waals surface area contributed by atoms with Gasteiger partial charge in [0.2, 0.25) is 11.8 Å². The molecule has 1 rings (SSSR count). The smallest absolute Gasteiger partial charge is 0.262 e. The molecule has 21 heavy (non-hydrogen) atoms. The molecule has 0 saturated heterocycles. The molecule has 0 bridgehead atoms. The van der Waals surface area contributed by atoms with Gasteiger partial charge in [0.15, 0.2) is 0 Å². The largest absolute Gasteiger partial charge is 0.355 e. The van der Waals surface area contributed by atoms with Gasteiger partial charge in [-0.15, -0.1) is 11.3 Å². The quantitative estimate of drug-likeness (QED) is 0.694. The van der Waals surface area contributed by atoms with Gasteiger partial charge >= 0.3 is 0 Å². The zero-order chi connectivity index (χ0) is 15.8. The number of hydrogen-bond acceptors (Lipinski definition) is 4. The van der Waals surface area contributed by atoms with Gasteiger partial charge in [-0.1, -0.05) is 19.9 Å². The maximum absolute atomic E-state index is 12.1. The summed E-state index contributed by atoms with van der Waals surface area (Å²) >= 11 is 1.31. The second-order valence-corrected chi connectivity index (χ2v) is 5.79. The van der Waals surface area contributed by atoms with E-state index in [1.165, 1.54) is 11.3 Å². The first-order valence-electron chi connectivity index (χ1n) is 6.84. The molecule has 0 spiro atoms. The van der Waals surface area contributed by atoms with Gasteiger partial charge in [-0.25, -0.2) is 0 Å². The lowest BCUT2D eigenvalue weighted by Gasteiger charge is -2.21. The minimum absolute atomic E-state index is 0.0804. The lowest BCUT2D eigenvalue weighted by molar-refractivity contribution is -0.127. The highest BCUT2D eigenvalue weighted by molar-refractivity contribution is 7.12. The van der Waals surface area contributed by atoms with Crippen LogP contribution in [0.25, 0.3) is 0 Å². The predicted octanol–water partition coefficient (Wildman–Crippen LogP) is 0.755. The fourth-order valence-corrected chi connectivity index (χ4v) is 2.32. The van der Waals surface area contributed by atoms with Crippen LogP contribution in [0.1, 0.15) is 30.4 Å². The Labute approximate surface area is 128 Å². The molecule has 0 saturated carbocycles. The average molecular weight is 311 g/mol. The summed E-state index contributed by atoms with van der Waals surface area (Å²) in [5.74, 6) is -0.973. The molecule has 6 nitrogen and oxygen atoms in total. The second kappa shape index (κ2) is 8.41. The molecule has 0 unspecified atom stereocenters. The van der Waals surface area contributed by atoms with Crippen molar-refractivity contribution >= 4 is 29.1 Å². The minimum atomic E-state index is -0.672. The van der Waals surface area contributed by atoms with Crippen molar-refractivity contribution in [2.24, 2.45) is 5.92 Å². The van der Waals surface area contributed by atoms with Crippen LogP contribution in [0.2, 0.25) is 0 Å². The van der Waals surface area contributed by atoms with Gasteiger partial charge in [-0.05, 0) is 24.3 Å². The average Bonchev–Trinajstić information content (AvgIpc) is 2.96. The van der Waals surface area contributed by atoms with Gasteiger partial charge in [0.1, 0.15) is 6.04 Å². The maximum Gasteiger partial charge on any atom is 0.262 e. The molecule has 3 N–H and O–H groups in total. The van der Waals surface area contributed by atoms with E-state index in [0.29, 0.717) is 11.4 Å². The first-order valence-corrected chi connectivity index (χ1v) is 7.72. The lowest BCUT2D eigenvalue weighted by atomic mass is 10.0. The number of nitrogens with one attached hydrogen (secondary N) is 3. The third-order valence-corrected chi connectivity index (χ3v) is 3.65. The van der Waals surface area contributed by atoms with Crippen LogP contribution in [-0.4, -0.2) is 36.9 Å². The Kier molecular flexibility index (Phi) is 6.87. The van der Waals surface area contributed by atoms with Gasteiger partial charge in [-0.3, -0.25) is 14.4 Å². The summed E-state index contributed by atoms with van der Waals surface area (Å²) in [6.45, 7) is 5.90. The van der Waals surface area contributed by atoms with Crippen molar-refractivity contribution in [1.82, 2.24) is 16.0 Å². The molecule has 1 aromatic heterocycles. The molecule has 1 aromatic rings. The molecule has 0 aliphatic carbocycles. The first kappa shape index (κ1) is 17.2. The second-order valence-electron chi connectivity index (χ2n) is 4.84. The summed E-state index contributed by atoms with van der Waals surface area (Å²) in [6, 6.07) is 2.80. The highest BCUT2D eigenvalue weighted by Gasteiger charge is 2.25. The SMILES string of the molecule is CCNC(=O)CNC(=O)[C@H](NC(=O)c1cccs1)C(C)C. The summed E-state index contributed by atoms with van der Waals surface area (Å²) in [7, 11) is 0. The van der Waals surface area contributed by atoms with Crippen LogP contribution in [0.4, 0.5) is 0 Å². The Morgan fingerprint density at radius 1 is 1.24 bits per heavy atom. The fraction of sp³-hybridized carbons (Fsp3) is 0.500. The van der Waals surface area contributed by atoms with Crippen LogP contribution in [-0.2, 0) is 9.59 Å². The van der Waals surface area contributed by atoms with E-state index in [9.17, 15) is 14.4 Å². The van der Waals surface area contributed by atoms with E-state index in [1.54, 1.807) is 24.4 Å². The van der Waals surface area contributed by atoms with Gasteiger partial charge < -0.3 is 16.0 Å². The number of amides is 3. The summed E-state index contributed by atoms with van der Waals surface area (Å²) in [6.07, 6.45) is 0. The molecule has 0 radical (unpaired) electrons. The minimum Gasteiger partial charge on any atom is -0.355 e. The summed E-state index contributed by atoms with van der Waals surface area (Å²) in [5, 5.41) is 9.63.